The summed E-state index contributed by atoms with van der Waals surface area (Å²) in [5, 5.41) is 7.46. The SMILES string of the molecule is CCNC(=NCc1cccc(CN2CCCC2=O)c1)NC(C)c1ccccc1Cl.I. The summed E-state index contributed by atoms with van der Waals surface area (Å²) in [6.07, 6.45) is 1.63. The molecule has 0 radical (unpaired) electrons. The van der Waals surface area contributed by atoms with Crippen LogP contribution < -0.4 is 10.6 Å². The molecule has 0 saturated carbocycles. The van der Waals surface area contributed by atoms with Crippen molar-refractivity contribution in [1.29, 1.82) is 0 Å². The number of nitrogens with zero attached hydrogens (tertiary/aromatic N) is 2. The summed E-state index contributed by atoms with van der Waals surface area (Å²) in [5.41, 5.74) is 3.31. The van der Waals surface area contributed by atoms with Crippen LogP contribution in [0.25, 0.3) is 0 Å². The fraction of sp³-hybridized carbons (Fsp3) is 0.391. The van der Waals surface area contributed by atoms with Crippen LogP contribution in [0.1, 0.15) is 49.4 Å². The minimum Gasteiger partial charge on any atom is -0.357 e. The predicted molar refractivity (Wildman–Crippen MR) is 134 cm³/mol. The monoisotopic (exact) mass is 540 g/mol. The standard InChI is InChI=1S/C23H29ClN4O.HI/c1-3-25-23(27-17(2)20-10-4-5-11-21(20)24)26-15-18-8-6-9-19(14-18)16-28-13-7-12-22(28)29;/h4-6,8-11,14,17H,3,7,12-13,15-16H2,1-2H3,(H2,25,26,27);1H. The fourth-order valence-electron chi connectivity index (χ4n) is 3.52. The second kappa shape index (κ2) is 12.2. The molecule has 2 aromatic carbocycles. The van der Waals surface area contributed by atoms with E-state index < -0.39 is 0 Å². The van der Waals surface area contributed by atoms with E-state index in [1.807, 2.05) is 42.2 Å². The molecule has 0 spiro atoms. The van der Waals surface area contributed by atoms with Crippen molar-refractivity contribution >= 4 is 47.4 Å². The van der Waals surface area contributed by atoms with Crippen molar-refractivity contribution in [3.05, 3.63) is 70.2 Å². The highest BCUT2D eigenvalue weighted by molar-refractivity contribution is 14.0. The molecule has 1 aliphatic heterocycles. The van der Waals surface area contributed by atoms with Gasteiger partial charge >= 0.3 is 0 Å². The minimum atomic E-state index is 0. The molecule has 1 heterocycles. The van der Waals surface area contributed by atoms with E-state index in [2.05, 4.69) is 35.8 Å². The number of hydrogen-bond acceptors (Lipinski definition) is 2. The number of likely N-dealkylation sites (tertiary alicyclic amines) is 1. The first-order chi connectivity index (χ1) is 14.1. The van der Waals surface area contributed by atoms with Crippen LogP contribution in [0.15, 0.2) is 53.5 Å². The van der Waals surface area contributed by atoms with Crippen LogP contribution in [0.3, 0.4) is 0 Å². The number of carbonyl (C=O) groups excluding carboxylic acids is 1. The van der Waals surface area contributed by atoms with Gasteiger partial charge in [-0.3, -0.25) is 4.79 Å². The molecule has 1 aliphatic rings. The van der Waals surface area contributed by atoms with Crippen LogP contribution in [0.2, 0.25) is 5.02 Å². The normalized spacial score (nSPS) is 15.0. The van der Waals surface area contributed by atoms with Gasteiger partial charge in [-0.2, -0.15) is 0 Å². The van der Waals surface area contributed by atoms with Crippen LogP contribution in [0.4, 0.5) is 0 Å². The summed E-state index contributed by atoms with van der Waals surface area (Å²) < 4.78 is 0. The second-order valence-electron chi connectivity index (χ2n) is 7.32. The molecule has 1 fully saturated rings. The third kappa shape index (κ3) is 6.87. The Labute approximate surface area is 201 Å². The topological polar surface area (TPSA) is 56.7 Å². The molecular formula is C23H30ClIN4O. The highest BCUT2D eigenvalue weighted by Crippen LogP contribution is 2.22. The van der Waals surface area contributed by atoms with Gasteiger partial charge in [0.1, 0.15) is 0 Å². The van der Waals surface area contributed by atoms with Gasteiger partial charge in [0.25, 0.3) is 0 Å². The molecule has 1 atom stereocenters. The number of guanidine groups is 1. The van der Waals surface area contributed by atoms with Crippen LogP contribution >= 0.6 is 35.6 Å². The van der Waals surface area contributed by atoms with Gasteiger partial charge < -0.3 is 15.5 Å². The molecule has 3 rings (SSSR count). The number of carbonyl (C=O) groups is 1. The Balaban J connectivity index is 0.00000320. The summed E-state index contributed by atoms with van der Waals surface area (Å²) in [6.45, 7) is 6.99. The third-order valence-electron chi connectivity index (χ3n) is 5.03. The Kier molecular flexibility index (Phi) is 9.91. The lowest BCUT2D eigenvalue weighted by Gasteiger charge is -2.19. The number of benzene rings is 2. The van der Waals surface area contributed by atoms with E-state index in [0.29, 0.717) is 19.5 Å². The van der Waals surface area contributed by atoms with Crippen molar-refractivity contribution in [1.82, 2.24) is 15.5 Å². The number of rotatable bonds is 7. The molecule has 1 unspecified atom stereocenters. The molecule has 1 saturated heterocycles. The molecular weight excluding hydrogens is 511 g/mol. The van der Waals surface area contributed by atoms with E-state index in [1.165, 1.54) is 0 Å². The first-order valence-corrected chi connectivity index (χ1v) is 10.6. The van der Waals surface area contributed by atoms with E-state index >= 15 is 0 Å². The van der Waals surface area contributed by atoms with Crippen molar-refractivity contribution in [2.24, 2.45) is 4.99 Å². The number of aliphatic imine (C=N–C) groups is 1. The number of halogens is 2. The first-order valence-electron chi connectivity index (χ1n) is 10.2. The molecule has 0 bridgehead atoms. The largest absolute Gasteiger partial charge is 0.357 e. The molecule has 0 aromatic heterocycles. The summed E-state index contributed by atoms with van der Waals surface area (Å²) >= 11 is 6.32. The number of nitrogens with one attached hydrogen (secondary N) is 2. The number of amides is 1. The van der Waals surface area contributed by atoms with Gasteiger partial charge in [0.2, 0.25) is 5.91 Å². The van der Waals surface area contributed by atoms with E-state index in [4.69, 9.17) is 16.6 Å². The molecule has 2 N–H and O–H groups in total. The zero-order chi connectivity index (χ0) is 20.6. The average Bonchev–Trinajstić information content (AvgIpc) is 3.11. The Bertz CT molecular complexity index is 874. The predicted octanol–water partition coefficient (Wildman–Crippen LogP) is 4.90. The van der Waals surface area contributed by atoms with Crippen molar-refractivity contribution in [3.8, 4) is 0 Å². The van der Waals surface area contributed by atoms with Gasteiger partial charge in [-0.15, -0.1) is 24.0 Å². The van der Waals surface area contributed by atoms with Crippen LogP contribution in [-0.4, -0.2) is 29.9 Å². The second-order valence-corrected chi connectivity index (χ2v) is 7.73. The summed E-state index contributed by atoms with van der Waals surface area (Å²) in [6, 6.07) is 16.2. The zero-order valence-corrected chi connectivity index (χ0v) is 20.6. The summed E-state index contributed by atoms with van der Waals surface area (Å²) in [7, 11) is 0. The van der Waals surface area contributed by atoms with Gasteiger partial charge in [-0.1, -0.05) is 54.1 Å². The zero-order valence-electron chi connectivity index (χ0n) is 17.5. The lowest BCUT2D eigenvalue weighted by molar-refractivity contribution is -0.128. The van der Waals surface area contributed by atoms with Crippen molar-refractivity contribution in [2.75, 3.05) is 13.1 Å². The molecule has 2 aromatic rings. The Morgan fingerprint density at radius 3 is 2.67 bits per heavy atom. The highest BCUT2D eigenvalue weighted by atomic mass is 127. The van der Waals surface area contributed by atoms with Gasteiger partial charge in [-0.25, -0.2) is 4.99 Å². The van der Waals surface area contributed by atoms with Crippen LogP contribution in [0, 0.1) is 0 Å². The minimum absolute atomic E-state index is 0. The van der Waals surface area contributed by atoms with Crippen molar-refractivity contribution in [3.63, 3.8) is 0 Å². The smallest absolute Gasteiger partial charge is 0.222 e. The van der Waals surface area contributed by atoms with Gasteiger partial charge in [0.05, 0.1) is 12.6 Å². The summed E-state index contributed by atoms with van der Waals surface area (Å²) in [5.74, 6) is 1.00. The van der Waals surface area contributed by atoms with Crippen LogP contribution in [0.5, 0.6) is 0 Å². The fourth-order valence-corrected chi connectivity index (χ4v) is 3.82. The molecule has 1 amide bonds. The Morgan fingerprint density at radius 2 is 1.97 bits per heavy atom. The van der Waals surface area contributed by atoms with E-state index in [9.17, 15) is 4.79 Å². The van der Waals surface area contributed by atoms with Crippen molar-refractivity contribution < 1.29 is 4.79 Å². The van der Waals surface area contributed by atoms with Gasteiger partial charge in [0.15, 0.2) is 5.96 Å². The lowest BCUT2D eigenvalue weighted by atomic mass is 10.1. The third-order valence-corrected chi connectivity index (χ3v) is 5.37. The van der Waals surface area contributed by atoms with Crippen molar-refractivity contribution in [2.45, 2.75) is 45.8 Å². The maximum Gasteiger partial charge on any atom is 0.222 e. The van der Waals surface area contributed by atoms with Gasteiger partial charge in [-0.05, 0) is 43.0 Å². The van der Waals surface area contributed by atoms with E-state index in [1.54, 1.807) is 0 Å². The quantitative estimate of drug-likeness (QED) is 0.299. The summed E-state index contributed by atoms with van der Waals surface area (Å²) in [4.78, 5) is 18.5. The Morgan fingerprint density at radius 1 is 1.20 bits per heavy atom. The average molecular weight is 541 g/mol. The molecule has 0 aliphatic carbocycles. The molecule has 5 nitrogen and oxygen atoms in total. The van der Waals surface area contributed by atoms with Crippen LogP contribution in [-0.2, 0) is 17.9 Å². The van der Waals surface area contributed by atoms with E-state index in [0.717, 1.165) is 47.2 Å². The van der Waals surface area contributed by atoms with E-state index in [-0.39, 0.29) is 35.9 Å². The highest BCUT2D eigenvalue weighted by Gasteiger charge is 2.19. The molecule has 7 heteroatoms. The maximum atomic E-state index is 11.9. The number of hydrogen-bond donors (Lipinski definition) is 2. The maximum absolute atomic E-state index is 11.9. The first kappa shape index (κ1) is 24.5. The van der Waals surface area contributed by atoms with Gasteiger partial charge in [0, 0.05) is 31.1 Å². The Hall–Kier alpha value is -1.80. The molecule has 162 valence electrons. The lowest BCUT2D eigenvalue weighted by Crippen LogP contribution is -2.38. The molecule has 30 heavy (non-hydrogen) atoms.